The first-order valence-corrected chi connectivity index (χ1v) is 8.83. The van der Waals surface area contributed by atoms with Crippen molar-refractivity contribution in [2.24, 2.45) is 5.92 Å². The minimum absolute atomic E-state index is 0.0569. The van der Waals surface area contributed by atoms with Crippen molar-refractivity contribution in [3.8, 4) is 5.75 Å². The molecule has 2 atom stereocenters. The smallest absolute Gasteiger partial charge is 0.228 e. The van der Waals surface area contributed by atoms with Crippen LogP contribution in [0.5, 0.6) is 5.75 Å². The van der Waals surface area contributed by atoms with E-state index in [2.05, 4.69) is 6.92 Å². The van der Waals surface area contributed by atoms with Crippen LogP contribution in [0.15, 0.2) is 18.2 Å². The van der Waals surface area contributed by atoms with E-state index in [1.165, 1.54) is 6.42 Å². The number of hydrogen-bond acceptors (Lipinski definition) is 3. The molecule has 6 heteroatoms. The molecule has 130 valence electrons. The molecular formula is C18H23ClN2O3. The van der Waals surface area contributed by atoms with Crippen molar-refractivity contribution in [3.05, 3.63) is 23.2 Å². The van der Waals surface area contributed by atoms with Crippen LogP contribution in [0.1, 0.15) is 32.6 Å². The summed E-state index contributed by atoms with van der Waals surface area (Å²) in [5.41, 5.74) is 0.636. The summed E-state index contributed by atoms with van der Waals surface area (Å²) in [5.74, 6) is 0.339. The Morgan fingerprint density at radius 3 is 2.83 bits per heavy atom. The molecule has 2 amide bonds. The summed E-state index contributed by atoms with van der Waals surface area (Å²) in [6, 6.07) is 5.44. The van der Waals surface area contributed by atoms with Crippen molar-refractivity contribution in [3.63, 3.8) is 0 Å². The molecule has 0 bridgehead atoms. The van der Waals surface area contributed by atoms with Crippen LogP contribution in [-0.2, 0) is 9.59 Å². The molecule has 1 aromatic carbocycles. The predicted molar refractivity (Wildman–Crippen MR) is 93.5 cm³/mol. The van der Waals surface area contributed by atoms with Gasteiger partial charge in [-0.25, -0.2) is 0 Å². The Balaban J connectivity index is 1.78. The molecule has 3 rings (SSSR count). The quantitative estimate of drug-likeness (QED) is 0.841. The molecule has 0 N–H and O–H groups in total. The number of methoxy groups -OCH3 is 1. The highest BCUT2D eigenvalue weighted by atomic mass is 35.5. The number of rotatable bonds is 3. The Bertz CT molecular complexity index is 649. The van der Waals surface area contributed by atoms with E-state index >= 15 is 0 Å². The molecule has 2 aliphatic heterocycles. The Kier molecular flexibility index (Phi) is 4.99. The first-order chi connectivity index (χ1) is 11.5. The fourth-order valence-corrected chi connectivity index (χ4v) is 3.81. The summed E-state index contributed by atoms with van der Waals surface area (Å²) in [5, 5.41) is 0.540. The summed E-state index contributed by atoms with van der Waals surface area (Å²) in [4.78, 5) is 28.9. The second kappa shape index (κ2) is 7.01. The van der Waals surface area contributed by atoms with Gasteiger partial charge in [-0.15, -0.1) is 0 Å². The van der Waals surface area contributed by atoms with Crippen LogP contribution in [-0.4, -0.2) is 43.0 Å². The largest absolute Gasteiger partial charge is 0.495 e. The van der Waals surface area contributed by atoms with Gasteiger partial charge < -0.3 is 14.5 Å². The Morgan fingerprint density at radius 2 is 2.12 bits per heavy atom. The fraction of sp³-hybridized carbons (Fsp3) is 0.556. The monoisotopic (exact) mass is 350 g/mol. The average Bonchev–Trinajstić information content (AvgIpc) is 2.96. The maximum Gasteiger partial charge on any atom is 0.228 e. The lowest BCUT2D eigenvalue weighted by atomic mass is 9.99. The van der Waals surface area contributed by atoms with Crippen LogP contribution in [0.2, 0.25) is 5.02 Å². The molecule has 24 heavy (non-hydrogen) atoms. The van der Waals surface area contributed by atoms with Gasteiger partial charge in [-0.3, -0.25) is 9.59 Å². The van der Waals surface area contributed by atoms with Gasteiger partial charge in [0.2, 0.25) is 11.8 Å². The Hall–Kier alpha value is -1.75. The number of likely N-dealkylation sites (tertiary alicyclic amines) is 1. The number of carbonyl (C=O) groups is 2. The van der Waals surface area contributed by atoms with Gasteiger partial charge in [0.25, 0.3) is 0 Å². The summed E-state index contributed by atoms with van der Waals surface area (Å²) in [6.07, 6.45) is 3.50. The third kappa shape index (κ3) is 3.22. The van der Waals surface area contributed by atoms with Gasteiger partial charge in [-0.05, 0) is 44.4 Å². The number of halogens is 1. The van der Waals surface area contributed by atoms with E-state index in [0.29, 0.717) is 23.0 Å². The third-order valence-electron chi connectivity index (χ3n) is 4.99. The molecule has 2 heterocycles. The molecule has 0 spiro atoms. The molecule has 2 aliphatic rings. The topological polar surface area (TPSA) is 49.9 Å². The van der Waals surface area contributed by atoms with Crippen molar-refractivity contribution < 1.29 is 14.3 Å². The summed E-state index contributed by atoms with van der Waals surface area (Å²) in [7, 11) is 1.56. The van der Waals surface area contributed by atoms with E-state index in [1.54, 1.807) is 30.2 Å². The van der Waals surface area contributed by atoms with E-state index in [0.717, 1.165) is 19.4 Å². The minimum atomic E-state index is -0.290. The average molecular weight is 351 g/mol. The van der Waals surface area contributed by atoms with E-state index < -0.39 is 0 Å². The molecule has 2 saturated heterocycles. The first-order valence-electron chi connectivity index (χ1n) is 8.45. The molecule has 0 aliphatic carbocycles. The minimum Gasteiger partial charge on any atom is -0.495 e. The Morgan fingerprint density at radius 1 is 1.33 bits per heavy atom. The third-order valence-corrected chi connectivity index (χ3v) is 5.23. The van der Waals surface area contributed by atoms with E-state index in [4.69, 9.17) is 16.3 Å². The summed E-state index contributed by atoms with van der Waals surface area (Å²) in [6.45, 7) is 3.27. The van der Waals surface area contributed by atoms with Crippen molar-refractivity contribution in [1.29, 1.82) is 0 Å². The SMILES string of the molecule is COc1ccc(Cl)cc1N1CC(C(=O)N2CCCCC2C)CC1=O. The maximum absolute atomic E-state index is 12.8. The first kappa shape index (κ1) is 17.1. The fourth-order valence-electron chi connectivity index (χ4n) is 3.64. The zero-order valence-electron chi connectivity index (χ0n) is 14.1. The van der Waals surface area contributed by atoms with Crippen molar-refractivity contribution >= 4 is 29.1 Å². The molecule has 2 fully saturated rings. The highest BCUT2D eigenvalue weighted by Crippen LogP contribution is 2.36. The molecular weight excluding hydrogens is 328 g/mol. The van der Waals surface area contributed by atoms with Crippen molar-refractivity contribution in [1.82, 2.24) is 4.90 Å². The molecule has 1 aromatic rings. The van der Waals surface area contributed by atoms with Crippen LogP contribution >= 0.6 is 11.6 Å². The number of benzene rings is 1. The predicted octanol–water partition coefficient (Wildman–Crippen LogP) is 3.10. The molecule has 0 aromatic heterocycles. The van der Waals surface area contributed by atoms with Gasteiger partial charge in [0, 0.05) is 30.6 Å². The lowest BCUT2D eigenvalue weighted by Gasteiger charge is -2.35. The van der Waals surface area contributed by atoms with Crippen LogP contribution < -0.4 is 9.64 Å². The second-order valence-electron chi connectivity index (χ2n) is 6.60. The zero-order valence-corrected chi connectivity index (χ0v) is 14.9. The van der Waals surface area contributed by atoms with Gasteiger partial charge in [0.05, 0.1) is 18.7 Å². The standard InChI is InChI=1S/C18H23ClN2O3/c1-12-5-3-4-8-20(12)18(23)13-9-17(22)21(11-13)15-10-14(19)6-7-16(15)24-2/h6-7,10,12-13H,3-5,8-9,11H2,1-2H3. The number of amides is 2. The number of carbonyl (C=O) groups excluding carboxylic acids is 2. The van der Waals surface area contributed by atoms with Gasteiger partial charge >= 0.3 is 0 Å². The van der Waals surface area contributed by atoms with Crippen LogP contribution in [0.3, 0.4) is 0 Å². The second-order valence-corrected chi connectivity index (χ2v) is 7.03. The van der Waals surface area contributed by atoms with Gasteiger partial charge in [0.1, 0.15) is 5.75 Å². The van der Waals surface area contributed by atoms with Gasteiger partial charge in [-0.1, -0.05) is 11.6 Å². The summed E-state index contributed by atoms with van der Waals surface area (Å²) < 4.78 is 5.34. The van der Waals surface area contributed by atoms with E-state index in [-0.39, 0.29) is 30.2 Å². The van der Waals surface area contributed by atoms with Gasteiger partial charge in [0.15, 0.2) is 0 Å². The highest BCUT2D eigenvalue weighted by molar-refractivity contribution is 6.31. The number of hydrogen-bond donors (Lipinski definition) is 0. The van der Waals surface area contributed by atoms with E-state index in [9.17, 15) is 9.59 Å². The lowest BCUT2D eigenvalue weighted by molar-refractivity contribution is -0.139. The summed E-state index contributed by atoms with van der Waals surface area (Å²) >= 11 is 6.07. The number of piperidine rings is 1. The van der Waals surface area contributed by atoms with Crippen LogP contribution in [0.25, 0.3) is 0 Å². The zero-order chi connectivity index (χ0) is 17.3. The molecule has 0 saturated carbocycles. The number of anilines is 1. The maximum atomic E-state index is 12.8. The Labute approximate surface area is 147 Å². The lowest BCUT2D eigenvalue weighted by Crippen LogP contribution is -2.45. The van der Waals surface area contributed by atoms with Crippen LogP contribution in [0, 0.1) is 5.92 Å². The molecule has 2 unspecified atom stereocenters. The molecule has 0 radical (unpaired) electrons. The van der Waals surface area contributed by atoms with Crippen molar-refractivity contribution in [2.75, 3.05) is 25.1 Å². The molecule has 5 nitrogen and oxygen atoms in total. The van der Waals surface area contributed by atoms with Crippen LogP contribution in [0.4, 0.5) is 5.69 Å². The highest BCUT2D eigenvalue weighted by Gasteiger charge is 2.39. The number of ether oxygens (including phenoxy) is 1. The van der Waals surface area contributed by atoms with E-state index in [1.807, 2.05) is 4.90 Å². The number of nitrogens with zero attached hydrogens (tertiary/aromatic N) is 2. The van der Waals surface area contributed by atoms with Crippen molar-refractivity contribution in [2.45, 2.75) is 38.6 Å². The normalized spacial score (nSPS) is 24.4. The van der Waals surface area contributed by atoms with Gasteiger partial charge in [-0.2, -0.15) is 0 Å².